The first-order valence-corrected chi connectivity index (χ1v) is 7.34. The van der Waals surface area contributed by atoms with Crippen molar-refractivity contribution < 1.29 is 4.79 Å². The highest BCUT2D eigenvalue weighted by molar-refractivity contribution is 7.09. The molecule has 1 atom stereocenters. The van der Waals surface area contributed by atoms with Gasteiger partial charge < -0.3 is 5.32 Å². The van der Waals surface area contributed by atoms with E-state index in [1.165, 1.54) is 11.1 Å². The lowest BCUT2D eigenvalue weighted by molar-refractivity contribution is -0.120. The maximum atomic E-state index is 12.5. The van der Waals surface area contributed by atoms with Crippen molar-refractivity contribution in [3.8, 4) is 0 Å². The third-order valence-electron chi connectivity index (χ3n) is 3.51. The molecule has 1 aromatic carbocycles. The van der Waals surface area contributed by atoms with Crippen LogP contribution < -0.4 is 5.32 Å². The van der Waals surface area contributed by atoms with E-state index >= 15 is 0 Å². The molecule has 98 valence electrons. The molecule has 0 radical (unpaired) electrons. The SMILES string of the molecule is Cc1nc(CC(=O)C2CNCc3ccccc32)cs1. The molecule has 1 unspecified atom stereocenters. The Hall–Kier alpha value is -1.52. The second kappa shape index (κ2) is 5.23. The smallest absolute Gasteiger partial charge is 0.147 e. The summed E-state index contributed by atoms with van der Waals surface area (Å²) in [4.78, 5) is 16.8. The Morgan fingerprint density at radius 1 is 1.47 bits per heavy atom. The minimum atomic E-state index is -0.0352. The lowest BCUT2D eigenvalue weighted by Gasteiger charge is -2.25. The first-order chi connectivity index (χ1) is 9.24. The highest BCUT2D eigenvalue weighted by Gasteiger charge is 2.26. The average molecular weight is 272 g/mol. The number of aromatic nitrogens is 1. The molecule has 1 aliphatic heterocycles. The Bertz CT molecular complexity index is 606. The van der Waals surface area contributed by atoms with Crippen molar-refractivity contribution in [2.24, 2.45) is 0 Å². The van der Waals surface area contributed by atoms with Gasteiger partial charge in [0.25, 0.3) is 0 Å². The average Bonchev–Trinajstić information content (AvgIpc) is 2.83. The number of hydrogen-bond donors (Lipinski definition) is 1. The predicted octanol–water partition coefficient (Wildman–Crippen LogP) is 2.45. The zero-order valence-electron chi connectivity index (χ0n) is 10.8. The number of nitrogens with one attached hydrogen (secondary N) is 1. The van der Waals surface area contributed by atoms with E-state index in [2.05, 4.69) is 22.4 Å². The number of nitrogens with zero attached hydrogens (tertiary/aromatic N) is 1. The van der Waals surface area contributed by atoms with Crippen molar-refractivity contribution in [1.29, 1.82) is 0 Å². The topological polar surface area (TPSA) is 42.0 Å². The summed E-state index contributed by atoms with van der Waals surface area (Å²) in [5.74, 6) is 0.219. The van der Waals surface area contributed by atoms with Crippen LogP contribution in [0.25, 0.3) is 0 Å². The van der Waals surface area contributed by atoms with Gasteiger partial charge in [-0.2, -0.15) is 0 Å². The largest absolute Gasteiger partial charge is 0.312 e. The molecule has 0 saturated carbocycles. The number of thiazole rings is 1. The maximum Gasteiger partial charge on any atom is 0.147 e. The summed E-state index contributed by atoms with van der Waals surface area (Å²) in [5.41, 5.74) is 3.32. The van der Waals surface area contributed by atoms with Crippen molar-refractivity contribution in [3.05, 3.63) is 51.5 Å². The van der Waals surface area contributed by atoms with Gasteiger partial charge in [0.05, 0.1) is 23.0 Å². The summed E-state index contributed by atoms with van der Waals surface area (Å²) in [7, 11) is 0. The highest BCUT2D eigenvalue weighted by Crippen LogP contribution is 2.25. The molecule has 1 aromatic heterocycles. The standard InChI is InChI=1S/C15H16N2OS/c1-10-17-12(9-19-10)6-15(18)14-8-16-7-11-4-2-3-5-13(11)14/h2-5,9,14,16H,6-8H2,1H3. The molecule has 4 heteroatoms. The Balaban J connectivity index is 1.81. The van der Waals surface area contributed by atoms with Crippen LogP contribution in [-0.4, -0.2) is 17.3 Å². The van der Waals surface area contributed by atoms with Gasteiger partial charge in [-0.05, 0) is 18.1 Å². The molecule has 0 bridgehead atoms. The van der Waals surface area contributed by atoms with Crippen LogP contribution in [-0.2, 0) is 17.8 Å². The van der Waals surface area contributed by atoms with Crippen LogP contribution in [0.4, 0.5) is 0 Å². The van der Waals surface area contributed by atoms with E-state index < -0.39 is 0 Å². The van der Waals surface area contributed by atoms with Gasteiger partial charge in [0.2, 0.25) is 0 Å². The number of Topliss-reactive ketones (excluding diaryl/α,β-unsaturated/α-hetero) is 1. The lowest BCUT2D eigenvalue weighted by atomic mass is 9.86. The normalized spacial score (nSPS) is 18.1. The van der Waals surface area contributed by atoms with Gasteiger partial charge in [-0.3, -0.25) is 4.79 Å². The number of ketones is 1. The van der Waals surface area contributed by atoms with Crippen LogP contribution >= 0.6 is 11.3 Å². The van der Waals surface area contributed by atoms with E-state index in [4.69, 9.17) is 0 Å². The quantitative estimate of drug-likeness (QED) is 0.933. The van der Waals surface area contributed by atoms with E-state index in [-0.39, 0.29) is 11.7 Å². The third-order valence-corrected chi connectivity index (χ3v) is 4.33. The predicted molar refractivity (Wildman–Crippen MR) is 76.5 cm³/mol. The number of rotatable bonds is 3. The minimum Gasteiger partial charge on any atom is -0.312 e. The monoisotopic (exact) mass is 272 g/mol. The second-order valence-corrected chi connectivity index (χ2v) is 5.95. The van der Waals surface area contributed by atoms with Gasteiger partial charge >= 0.3 is 0 Å². The van der Waals surface area contributed by atoms with E-state index in [0.717, 1.165) is 23.8 Å². The fraction of sp³-hybridized carbons (Fsp3) is 0.333. The number of benzene rings is 1. The van der Waals surface area contributed by atoms with E-state index in [0.29, 0.717) is 6.42 Å². The number of carbonyl (C=O) groups is 1. The summed E-state index contributed by atoms with van der Waals surface area (Å²) in [6.45, 7) is 3.56. The number of carbonyl (C=O) groups excluding carboxylic acids is 1. The van der Waals surface area contributed by atoms with Crippen molar-refractivity contribution in [2.75, 3.05) is 6.54 Å². The molecule has 0 aliphatic carbocycles. The maximum absolute atomic E-state index is 12.5. The molecule has 0 amide bonds. The molecular weight excluding hydrogens is 256 g/mol. The molecule has 2 heterocycles. The van der Waals surface area contributed by atoms with Gasteiger partial charge in [0, 0.05) is 18.5 Å². The fourth-order valence-electron chi connectivity index (χ4n) is 2.57. The van der Waals surface area contributed by atoms with Crippen LogP contribution in [0.15, 0.2) is 29.6 Å². The van der Waals surface area contributed by atoms with Crippen molar-refractivity contribution in [2.45, 2.75) is 25.8 Å². The molecule has 0 spiro atoms. The highest BCUT2D eigenvalue weighted by atomic mass is 32.1. The zero-order chi connectivity index (χ0) is 13.2. The van der Waals surface area contributed by atoms with Crippen molar-refractivity contribution in [3.63, 3.8) is 0 Å². The Morgan fingerprint density at radius 3 is 3.11 bits per heavy atom. The molecule has 2 aromatic rings. The fourth-order valence-corrected chi connectivity index (χ4v) is 3.19. The first-order valence-electron chi connectivity index (χ1n) is 6.46. The molecule has 0 fully saturated rings. The molecular formula is C15H16N2OS. The summed E-state index contributed by atoms with van der Waals surface area (Å²) in [6.07, 6.45) is 0.436. The Kier molecular flexibility index (Phi) is 3.44. The van der Waals surface area contributed by atoms with Crippen LogP contribution in [0.5, 0.6) is 0 Å². The summed E-state index contributed by atoms with van der Waals surface area (Å²) in [5, 5.41) is 6.32. The van der Waals surface area contributed by atoms with E-state index in [1.54, 1.807) is 11.3 Å². The van der Waals surface area contributed by atoms with Crippen LogP contribution in [0, 0.1) is 6.92 Å². The van der Waals surface area contributed by atoms with Crippen LogP contribution in [0.1, 0.15) is 27.7 Å². The van der Waals surface area contributed by atoms with Crippen LogP contribution in [0.2, 0.25) is 0 Å². The molecule has 0 saturated heterocycles. The molecule has 1 aliphatic rings. The molecule has 1 N–H and O–H groups in total. The van der Waals surface area contributed by atoms with Gasteiger partial charge in [-0.1, -0.05) is 24.3 Å². The van der Waals surface area contributed by atoms with Gasteiger partial charge in [0.15, 0.2) is 0 Å². The van der Waals surface area contributed by atoms with Gasteiger partial charge in [-0.25, -0.2) is 4.98 Å². The number of aryl methyl sites for hydroxylation is 1. The van der Waals surface area contributed by atoms with Gasteiger partial charge in [-0.15, -0.1) is 11.3 Å². The Labute approximate surface area is 116 Å². The van der Waals surface area contributed by atoms with Crippen LogP contribution in [0.3, 0.4) is 0 Å². The summed E-state index contributed by atoms with van der Waals surface area (Å²) >= 11 is 1.60. The van der Waals surface area contributed by atoms with Gasteiger partial charge in [0.1, 0.15) is 5.78 Å². The number of fused-ring (bicyclic) bond motifs is 1. The summed E-state index contributed by atoms with van der Waals surface area (Å²) in [6, 6.07) is 8.20. The van der Waals surface area contributed by atoms with E-state index in [1.807, 2.05) is 24.4 Å². The third kappa shape index (κ3) is 2.60. The molecule has 3 rings (SSSR count). The Morgan fingerprint density at radius 2 is 2.32 bits per heavy atom. The first kappa shape index (κ1) is 12.5. The summed E-state index contributed by atoms with van der Waals surface area (Å²) < 4.78 is 0. The molecule has 3 nitrogen and oxygen atoms in total. The lowest BCUT2D eigenvalue weighted by Crippen LogP contribution is -2.33. The second-order valence-electron chi connectivity index (χ2n) is 4.88. The van der Waals surface area contributed by atoms with Crippen molar-refractivity contribution >= 4 is 17.1 Å². The minimum absolute atomic E-state index is 0.0352. The van der Waals surface area contributed by atoms with Crippen molar-refractivity contribution in [1.82, 2.24) is 10.3 Å². The zero-order valence-corrected chi connectivity index (χ0v) is 11.7. The van der Waals surface area contributed by atoms with E-state index in [9.17, 15) is 4.79 Å². The number of hydrogen-bond acceptors (Lipinski definition) is 4. The molecule has 19 heavy (non-hydrogen) atoms.